The zero-order chi connectivity index (χ0) is 11.4. The molecule has 2 nitrogen and oxygen atoms in total. The maximum atomic E-state index is 5.75. The van der Waals surface area contributed by atoms with Crippen LogP contribution in [-0.2, 0) is 12.3 Å². The summed E-state index contributed by atoms with van der Waals surface area (Å²) >= 11 is 5.75. The van der Waals surface area contributed by atoms with Crippen LogP contribution in [0.25, 0.3) is 5.69 Å². The molecule has 1 heterocycles. The minimum Gasteiger partial charge on any atom is -0.240 e. The summed E-state index contributed by atoms with van der Waals surface area (Å²) in [6, 6.07) is 10.3. The van der Waals surface area contributed by atoms with Gasteiger partial charge in [-0.3, -0.25) is 0 Å². The van der Waals surface area contributed by atoms with Crippen LogP contribution in [0.3, 0.4) is 0 Å². The van der Waals surface area contributed by atoms with Gasteiger partial charge >= 0.3 is 0 Å². The number of halogens is 1. The normalized spacial score (nSPS) is 10.6. The third-order valence-corrected chi connectivity index (χ3v) is 2.81. The van der Waals surface area contributed by atoms with Gasteiger partial charge in [-0.15, -0.1) is 11.6 Å². The monoisotopic (exact) mass is 234 g/mol. The van der Waals surface area contributed by atoms with E-state index in [0.717, 1.165) is 24.2 Å². The molecule has 0 N–H and O–H groups in total. The first kappa shape index (κ1) is 11.2. The molecule has 3 heteroatoms. The molecule has 1 aromatic carbocycles. The third kappa shape index (κ3) is 2.27. The van der Waals surface area contributed by atoms with E-state index in [2.05, 4.69) is 30.2 Å². The van der Waals surface area contributed by atoms with E-state index in [1.807, 2.05) is 23.0 Å². The average molecular weight is 235 g/mol. The lowest BCUT2D eigenvalue weighted by Crippen LogP contribution is -2.00. The molecule has 0 fully saturated rings. The highest BCUT2D eigenvalue weighted by atomic mass is 35.5. The Morgan fingerprint density at radius 1 is 1.25 bits per heavy atom. The van der Waals surface area contributed by atoms with Gasteiger partial charge in [0, 0.05) is 6.20 Å². The Kier molecular flexibility index (Phi) is 3.62. The van der Waals surface area contributed by atoms with Crippen molar-refractivity contribution < 1.29 is 0 Å². The van der Waals surface area contributed by atoms with E-state index in [-0.39, 0.29) is 0 Å². The number of hydrogen-bond donors (Lipinski definition) is 0. The van der Waals surface area contributed by atoms with Crippen LogP contribution in [0, 0.1) is 0 Å². The van der Waals surface area contributed by atoms with Crippen molar-refractivity contribution in [2.24, 2.45) is 0 Å². The second kappa shape index (κ2) is 5.17. The second-order valence-electron chi connectivity index (χ2n) is 3.76. The standard InChI is InChI=1S/C13H15ClN2/c1-2-5-11-6-3-4-7-13(11)16-9-8-12(10-14)15-16/h3-4,6-9H,2,5,10H2,1H3. The molecule has 0 aliphatic rings. The Hall–Kier alpha value is -1.28. The molecule has 2 rings (SSSR count). The van der Waals surface area contributed by atoms with E-state index in [4.69, 9.17) is 11.6 Å². The molecule has 0 unspecified atom stereocenters. The van der Waals surface area contributed by atoms with Crippen LogP contribution in [0.2, 0.25) is 0 Å². The van der Waals surface area contributed by atoms with Gasteiger partial charge in [0.25, 0.3) is 0 Å². The predicted octanol–water partition coefficient (Wildman–Crippen LogP) is 3.56. The van der Waals surface area contributed by atoms with Crippen molar-refractivity contribution in [3.05, 3.63) is 47.8 Å². The van der Waals surface area contributed by atoms with Crippen LogP contribution in [0.15, 0.2) is 36.5 Å². The lowest BCUT2D eigenvalue weighted by Gasteiger charge is -2.08. The van der Waals surface area contributed by atoms with Crippen molar-refractivity contribution in [2.45, 2.75) is 25.6 Å². The molecular weight excluding hydrogens is 220 g/mol. The molecule has 16 heavy (non-hydrogen) atoms. The van der Waals surface area contributed by atoms with E-state index in [1.165, 1.54) is 5.56 Å². The van der Waals surface area contributed by atoms with Crippen molar-refractivity contribution in [3.63, 3.8) is 0 Å². The highest BCUT2D eigenvalue weighted by molar-refractivity contribution is 6.16. The van der Waals surface area contributed by atoms with Crippen molar-refractivity contribution in [1.82, 2.24) is 9.78 Å². The first-order chi connectivity index (χ1) is 7.85. The fraction of sp³-hybridized carbons (Fsp3) is 0.308. The van der Waals surface area contributed by atoms with E-state index in [1.54, 1.807) is 0 Å². The number of para-hydroxylation sites is 1. The Bertz CT molecular complexity index is 462. The minimum atomic E-state index is 0.461. The fourth-order valence-electron chi connectivity index (χ4n) is 1.78. The molecular formula is C13H15ClN2. The molecule has 0 spiro atoms. The van der Waals surface area contributed by atoms with Gasteiger partial charge in [-0.1, -0.05) is 31.5 Å². The number of aromatic nitrogens is 2. The molecule has 0 amide bonds. The van der Waals surface area contributed by atoms with Gasteiger partial charge in [0.2, 0.25) is 0 Å². The van der Waals surface area contributed by atoms with Gasteiger partial charge < -0.3 is 0 Å². The third-order valence-electron chi connectivity index (χ3n) is 2.54. The van der Waals surface area contributed by atoms with E-state index < -0.39 is 0 Å². The van der Waals surface area contributed by atoms with Crippen molar-refractivity contribution in [2.75, 3.05) is 0 Å². The Balaban J connectivity index is 2.38. The largest absolute Gasteiger partial charge is 0.240 e. The number of benzene rings is 1. The molecule has 0 saturated carbocycles. The van der Waals surface area contributed by atoms with Crippen LogP contribution in [0.5, 0.6) is 0 Å². The van der Waals surface area contributed by atoms with Crippen molar-refractivity contribution in [1.29, 1.82) is 0 Å². The van der Waals surface area contributed by atoms with E-state index in [9.17, 15) is 0 Å². The summed E-state index contributed by atoms with van der Waals surface area (Å²) in [7, 11) is 0. The lowest BCUT2D eigenvalue weighted by atomic mass is 10.1. The maximum Gasteiger partial charge on any atom is 0.0776 e. The summed E-state index contributed by atoms with van der Waals surface area (Å²) < 4.78 is 1.91. The smallest absolute Gasteiger partial charge is 0.0776 e. The molecule has 0 radical (unpaired) electrons. The number of rotatable bonds is 4. The fourth-order valence-corrected chi connectivity index (χ4v) is 1.92. The predicted molar refractivity (Wildman–Crippen MR) is 67.1 cm³/mol. The lowest BCUT2D eigenvalue weighted by molar-refractivity contribution is 0.826. The van der Waals surface area contributed by atoms with Crippen molar-refractivity contribution in [3.8, 4) is 5.69 Å². The molecule has 0 bridgehead atoms. The average Bonchev–Trinajstić information content (AvgIpc) is 2.79. The van der Waals surface area contributed by atoms with Gasteiger partial charge in [-0.25, -0.2) is 4.68 Å². The molecule has 0 aliphatic carbocycles. The molecule has 84 valence electrons. The Morgan fingerprint density at radius 2 is 2.06 bits per heavy atom. The molecule has 0 saturated heterocycles. The summed E-state index contributed by atoms with van der Waals surface area (Å²) in [5.41, 5.74) is 3.39. The molecule has 2 aromatic rings. The second-order valence-corrected chi connectivity index (χ2v) is 4.03. The van der Waals surface area contributed by atoms with Gasteiger partial charge in [0.05, 0.1) is 17.3 Å². The van der Waals surface area contributed by atoms with Gasteiger partial charge in [-0.2, -0.15) is 5.10 Å². The van der Waals surface area contributed by atoms with E-state index in [0.29, 0.717) is 5.88 Å². The highest BCUT2D eigenvalue weighted by Gasteiger charge is 2.04. The molecule has 1 aromatic heterocycles. The zero-order valence-electron chi connectivity index (χ0n) is 9.36. The SMILES string of the molecule is CCCc1ccccc1-n1ccc(CCl)n1. The number of hydrogen-bond acceptors (Lipinski definition) is 1. The van der Waals surface area contributed by atoms with Crippen molar-refractivity contribution >= 4 is 11.6 Å². The summed E-state index contributed by atoms with van der Waals surface area (Å²) in [5.74, 6) is 0.461. The van der Waals surface area contributed by atoms with Gasteiger partial charge in [-0.05, 0) is 24.1 Å². The van der Waals surface area contributed by atoms with Crippen LogP contribution < -0.4 is 0 Å². The van der Waals surface area contributed by atoms with Crippen LogP contribution in [0.1, 0.15) is 24.6 Å². The minimum absolute atomic E-state index is 0.461. The zero-order valence-corrected chi connectivity index (χ0v) is 10.1. The topological polar surface area (TPSA) is 17.8 Å². The summed E-state index contributed by atoms with van der Waals surface area (Å²) in [6.07, 6.45) is 4.18. The Morgan fingerprint density at radius 3 is 2.75 bits per heavy atom. The summed E-state index contributed by atoms with van der Waals surface area (Å²) in [4.78, 5) is 0. The van der Waals surface area contributed by atoms with Gasteiger partial charge in [0.15, 0.2) is 0 Å². The van der Waals surface area contributed by atoms with E-state index >= 15 is 0 Å². The summed E-state index contributed by atoms with van der Waals surface area (Å²) in [5, 5.41) is 4.43. The summed E-state index contributed by atoms with van der Waals surface area (Å²) in [6.45, 7) is 2.18. The number of nitrogens with zero attached hydrogens (tertiary/aromatic N) is 2. The maximum absolute atomic E-state index is 5.75. The highest BCUT2D eigenvalue weighted by Crippen LogP contribution is 2.16. The molecule has 0 aliphatic heterocycles. The Labute approximate surface area is 101 Å². The van der Waals surface area contributed by atoms with Crippen LogP contribution >= 0.6 is 11.6 Å². The first-order valence-electron chi connectivity index (χ1n) is 5.54. The number of aryl methyl sites for hydroxylation is 1. The first-order valence-corrected chi connectivity index (χ1v) is 6.07. The van der Waals surface area contributed by atoms with Crippen LogP contribution in [0.4, 0.5) is 0 Å². The van der Waals surface area contributed by atoms with Crippen LogP contribution in [-0.4, -0.2) is 9.78 Å². The quantitative estimate of drug-likeness (QED) is 0.740. The van der Waals surface area contributed by atoms with Gasteiger partial charge in [0.1, 0.15) is 0 Å². The molecule has 0 atom stereocenters. The number of alkyl halides is 1.